The van der Waals surface area contributed by atoms with Gasteiger partial charge in [0.25, 0.3) is 0 Å². The number of nitrogens with two attached hydrogens (primary N) is 1. The van der Waals surface area contributed by atoms with E-state index >= 15 is 0 Å². The normalized spacial score (nSPS) is 11.9. The van der Waals surface area contributed by atoms with E-state index in [0.717, 1.165) is 0 Å². The van der Waals surface area contributed by atoms with E-state index in [-0.39, 0.29) is 5.54 Å². The lowest BCUT2D eigenvalue weighted by atomic mass is 10.1. The number of aromatic nitrogens is 1. The van der Waals surface area contributed by atoms with Crippen LogP contribution < -0.4 is 5.73 Å². The molecule has 2 nitrogen and oxygen atoms in total. The zero-order valence-corrected chi connectivity index (χ0v) is 6.54. The smallest absolute Gasteiger partial charge is 0.0505 e. The third kappa shape index (κ3) is 1.21. The lowest BCUT2D eigenvalue weighted by molar-refractivity contribution is 0.368. The Morgan fingerprint density at radius 3 is 2.20 bits per heavy atom. The molecule has 2 N–H and O–H groups in total. The maximum atomic E-state index is 5.58. The topological polar surface area (TPSA) is 30.9 Å². The van der Waals surface area contributed by atoms with Crippen LogP contribution in [-0.2, 0) is 5.54 Å². The van der Waals surface area contributed by atoms with E-state index in [2.05, 4.69) is 18.4 Å². The first-order chi connectivity index (χ1) is 4.67. The Kier molecular flexibility index (Phi) is 1.81. The van der Waals surface area contributed by atoms with Gasteiger partial charge in [-0.2, -0.15) is 0 Å². The van der Waals surface area contributed by atoms with E-state index in [1.807, 2.05) is 24.5 Å². The van der Waals surface area contributed by atoms with Crippen LogP contribution >= 0.6 is 0 Å². The maximum absolute atomic E-state index is 5.58. The highest BCUT2D eigenvalue weighted by atomic mass is 15.0. The molecule has 10 heavy (non-hydrogen) atoms. The summed E-state index contributed by atoms with van der Waals surface area (Å²) in [5.41, 5.74) is 5.64. The third-order valence-corrected chi connectivity index (χ3v) is 1.80. The first kappa shape index (κ1) is 7.35. The number of rotatable bonds is 2. The van der Waals surface area contributed by atoms with Gasteiger partial charge >= 0.3 is 0 Å². The lowest BCUT2D eigenvalue weighted by Gasteiger charge is -2.24. The fourth-order valence-electron chi connectivity index (χ4n) is 0.843. The summed E-state index contributed by atoms with van der Waals surface area (Å²) in [7, 11) is 0. The van der Waals surface area contributed by atoms with Crippen LogP contribution in [0.3, 0.4) is 0 Å². The molecule has 0 unspecified atom stereocenters. The molecule has 2 heteroatoms. The van der Waals surface area contributed by atoms with E-state index in [1.165, 1.54) is 0 Å². The molecule has 1 rings (SSSR count). The molecule has 0 aliphatic heterocycles. The van der Waals surface area contributed by atoms with Crippen LogP contribution in [0.1, 0.15) is 13.8 Å². The molecule has 56 valence electrons. The van der Waals surface area contributed by atoms with Crippen molar-refractivity contribution in [2.75, 3.05) is 6.54 Å². The molecule has 0 aliphatic rings. The molecule has 0 atom stereocenters. The third-order valence-electron chi connectivity index (χ3n) is 1.80. The minimum absolute atomic E-state index is 0.0590. The largest absolute Gasteiger partial charge is 0.348 e. The van der Waals surface area contributed by atoms with Gasteiger partial charge in [0.05, 0.1) is 5.54 Å². The van der Waals surface area contributed by atoms with Crippen molar-refractivity contribution in [2.45, 2.75) is 19.4 Å². The summed E-state index contributed by atoms with van der Waals surface area (Å²) in [6.45, 7) is 4.90. The second-order valence-electron chi connectivity index (χ2n) is 3.11. The Morgan fingerprint density at radius 2 is 1.80 bits per heavy atom. The van der Waals surface area contributed by atoms with E-state index in [4.69, 9.17) is 5.73 Å². The summed E-state index contributed by atoms with van der Waals surface area (Å²) < 4.78 is 2.12. The van der Waals surface area contributed by atoms with Gasteiger partial charge in [0.2, 0.25) is 0 Å². The van der Waals surface area contributed by atoms with Gasteiger partial charge in [-0.3, -0.25) is 0 Å². The van der Waals surface area contributed by atoms with Crippen LogP contribution in [0, 0.1) is 0 Å². The molecular formula is C8H14N2. The number of hydrogen-bond acceptors (Lipinski definition) is 1. The summed E-state index contributed by atoms with van der Waals surface area (Å²) in [5, 5.41) is 0. The van der Waals surface area contributed by atoms with Crippen LogP contribution in [0.2, 0.25) is 0 Å². The molecular weight excluding hydrogens is 124 g/mol. The average Bonchev–Trinajstić information content (AvgIpc) is 2.38. The van der Waals surface area contributed by atoms with E-state index in [1.54, 1.807) is 0 Å². The predicted octanol–water partition coefficient (Wildman–Crippen LogP) is 1.18. The Hall–Kier alpha value is -0.760. The van der Waals surface area contributed by atoms with Crippen molar-refractivity contribution in [3.05, 3.63) is 24.5 Å². The number of nitrogens with zero attached hydrogens (tertiary/aromatic N) is 1. The summed E-state index contributed by atoms with van der Waals surface area (Å²) in [6, 6.07) is 4.02. The molecule has 1 aromatic heterocycles. The van der Waals surface area contributed by atoms with E-state index < -0.39 is 0 Å². The molecule has 0 spiro atoms. The SMILES string of the molecule is CC(C)(CN)n1cccc1. The summed E-state index contributed by atoms with van der Waals surface area (Å²) >= 11 is 0. The van der Waals surface area contributed by atoms with Crippen LogP contribution in [0.25, 0.3) is 0 Å². The fourth-order valence-corrected chi connectivity index (χ4v) is 0.843. The van der Waals surface area contributed by atoms with Gasteiger partial charge < -0.3 is 10.3 Å². The first-order valence-electron chi connectivity index (χ1n) is 3.50. The molecule has 0 saturated heterocycles. The number of hydrogen-bond donors (Lipinski definition) is 1. The van der Waals surface area contributed by atoms with Crippen molar-refractivity contribution < 1.29 is 0 Å². The van der Waals surface area contributed by atoms with Crippen LogP contribution in [0.15, 0.2) is 24.5 Å². The highest BCUT2D eigenvalue weighted by Crippen LogP contribution is 2.11. The van der Waals surface area contributed by atoms with E-state index in [9.17, 15) is 0 Å². The lowest BCUT2D eigenvalue weighted by Crippen LogP contribution is -2.33. The molecule has 0 bridgehead atoms. The van der Waals surface area contributed by atoms with Crippen molar-refractivity contribution in [3.63, 3.8) is 0 Å². The van der Waals surface area contributed by atoms with Gasteiger partial charge in [-0.05, 0) is 26.0 Å². The summed E-state index contributed by atoms with van der Waals surface area (Å²) in [5.74, 6) is 0. The second kappa shape index (κ2) is 2.46. The Bertz CT molecular complexity index is 187. The quantitative estimate of drug-likeness (QED) is 0.653. The molecule has 0 saturated carbocycles. The zero-order valence-electron chi connectivity index (χ0n) is 6.54. The van der Waals surface area contributed by atoms with Crippen molar-refractivity contribution in [3.8, 4) is 0 Å². The molecule has 1 heterocycles. The molecule has 1 aromatic rings. The Morgan fingerprint density at radius 1 is 1.30 bits per heavy atom. The monoisotopic (exact) mass is 138 g/mol. The van der Waals surface area contributed by atoms with Crippen molar-refractivity contribution in [1.29, 1.82) is 0 Å². The highest BCUT2D eigenvalue weighted by molar-refractivity contribution is 4.96. The molecule has 0 radical (unpaired) electrons. The second-order valence-corrected chi connectivity index (χ2v) is 3.11. The minimum Gasteiger partial charge on any atom is -0.348 e. The zero-order chi connectivity index (χ0) is 7.61. The summed E-state index contributed by atoms with van der Waals surface area (Å²) in [4.78, 5) is 0. The maximum Gasteiger partial charge on any atom is 0.0505 e. The van der Waals surface area contributed by atoms with E-state index in [0.29, 0.717) is 6.54 Å². The van der Waals surface area contributed by atoms with Crippen LogP contribution in [-0.4, -0.2) is 11.1 Å². The Labute approximate surface area is 61.7 Å². The van der Waals surface area contributed by atoms with Gasteiger partial charge in [0, 0.05) is 18.9 Å². The molecule has 0 fully saturated rings. The van der Waals surface area contributed by atoms with Crippen LogP contribution in [0.5, 0.6) is 0 Å². The van der Waals surface area contributed by atoms with Gasteiger partial charge in [0.1, 0.15) is 0 Å². The van der Waals surface area contributed by atoms with Crippen molar-refractivity contribution in [2.24, 2.45) is 5.73 Å². The molecule has 0 aliphatic carbocycles. The standard InChI is InChI=1S/C8H14N2/c1-8(2,7-9)10-5-3-4-6-10/h3-6H,7,9H2,1-2H3. The molecule has 0 aromatic carbocycles. The van der Waals surface area contributed by atoms with Crippen molar-refractivity contribution in [1.82, 2.24) is 4.57 Å². The minimum atomic E-state index is 0.0590. The highest BCUT2D eigenvalue weighted by Gasteiger charge is 2.15. The average molecular weight is 138 g/mol. The van der Waals surface area contributed by atoms with Gasteiger partial charge in [-0.15, -0.1) is 0 Å². The first-order valence-corrected chi connectivity index (χ1v) is 3.50. The van der Waals surface area contributed by atoms with Gasteiger partial charge in [0.15, 0.2) is 0 Å². The van der Waals surface area contributed by atoms with Gasteiger partial charge in [-0.25, -0.2) is 0 Å². The predicted molar refractivity (Wildman–Crippen MR) is 42.8 cm³/mol. The molecule has 0 amide bonds. The van der Waals surface area contributed by atoms with Crippen LogP contribution in [0.4, 0.5) is 0 Å². The van der Waals surface area contributed by atoms with Gasteiger partial charge in [-0.1, -0.05) is 0 Å². The van der Waals surface area contributed by atoms with Crippen molar-refractivity contribution >= 4 is 0 Å². The summed E-state index contributed by atoms with van der Waals surface area (Å²) in [6.07, 6.45) is 4.07. The Balaban J connectivity index is 2.85. The fraction of sp³-hybridized carbons (Fsp3) is 0.500.